The lowest BCUT2D eigenvalue weighted by molar-refractivity contribution is -0.538. The summed E-state index contributed by atoms with van der Waals surface area (Å²) in [5.74, 6) is 3.20. The van der Waals surface area contributed by atoms with Crippen molar-refractivity contribution in [1.82, 2.24) is 15.0 Å². The summed E-state index contributed by atoms with van der Waals surface area (Å²) in [4.78, 5) is 38.1. The summed E-state index contributed by atoms with van der Waals surface area (Å²) >= 11 is 0. The van der Waals surface area contributed by atoms with Crippen LogP contribution in [0.25, 0.3) is 22.4 Å². The van der Waals surface area contributed by atoms with Crippen molar-refractivity contribution in [3.63, 3.8) is 0 Å². The van der Waals surface area contributed by atoms with E-state index in [0.717, 1.165) is 42.3 Å². The standard InChI is InChI=1S/C29H27N5O3/c35-25-15-18(5-7-24(25)34(37)27-20-10-16-9-17(12-20)13-21(27)11-16)28-31-22-6-4-19(14-23(22)32-28)29(36)33-26-3-1-2-8-30-26/h1-8,14-17,20-21,27H,9-13H2,(H2-,30,31,32,33,35,36,37)/p+1. The van der Waals surface area contributed by atoms with Crippen molar-refractivity contribution in [2.45, 2.75) is 38.1 Å². The number of aromatic amines is 1. The zero-order chi connectivity index (χ0) is 25.1. The van der Waals surface area contributed by atoms with Crippen LogP contribution in [0, 0.1) is 28.6 Å². The number of phenols is 1. The number of carbonyl (C=O) groups is 1. The second-order valence-corrected chi connectivity index (χ2v) is 10.9. The molecular formula is C29H28N5O3+. The van der Waals surface area contributed by atoms with E-state index in [1.807, 2.05) is 12.1 Å². The summed E-state index contributed by atoms with van der Waals surface area (Å²) in [6.45, 7) is 0. The molecule has 2 aromatic heterocycles. The molecule has 0 spiro atoms. The highest BCUT2D eigenvalue weighted by atomic mass is 16.3. The Morgan fingerprint density at radius 1 is 0.973 bits per heavy atom. The van der Waals surface area contributed by atoms with E-state index >= 15 is 0 Å². The number of hydrogen-bond acceptors (Lipinski definition) is 5. The highest BCUT2D eigenvalue weighted by molar-refractivity contribution is 6.05. The van der Waals surface area contributed by atoms with Crippen LogP contribution in [0.1, 0.15) is 42.5 Å². The van der Waals surface area contributed by atoms with Gasteiger partial charge in [0.2, 0.25) is 6.04 Å². The third kappa shape index (κ3) is 3.87. The molecule has 0 aliphatic heterocycles. The molecule has 186 valence electrons. The molecule has 0 unspecified atom stereocenters. The van der Waals surface area contributed by atoms with Gasteiger partial charge in [-0.2, -0.15) is 0 Å². The van der Waals surface area contributed by atoms with Crippen molar-refractivity contribution in [2.24, 2.45) is 23.7 Å². The molecule has 3 N–H and O–H groups in total. The van der Waals surface area contributed by atoms with Crippen molar-refractivity contribution in [3.8, 4) is 17.1 Å². The number of imidazole rings is 1. The van der Waals surface area contributed by atoms with Gasteiger partial charge in [-0.05, 0) is 86.4 Å². The minimum absolute atomic E-state index is 0.0304. The van der Waals surface area contributed by atoms with Gasteiger partial charge >= 0.3 is 0 Å². The Labute approximate surface area is 213 Å². The largest absolute Gasteiger partial charge is 0.502 e. The van der Waals surface area contributed by atoms with Crippen LogP contribution in [-0.2, 0) is 0 Å². The van der Waals surface area contributed by atoms with E-state index in [1.54, 1.807) is 48.7 Å². The molecule has 2 heterocycles. The van der Waals surface area contributed by atoms with Crippen LogP contribution >= 0.6 is 0 Å². The second kappa shape index (κ2) is 8.50. The number of nitrogens with one attached hydrogen (secondary N) is 2. The SMILES string of the molecule is O=C(Nc1ccccn1)c1ccc2nc(-c3ccc([N+](=O)C4C5CC6CC(C5)CC4C6)c(O)c3)[nH]c2c1. The molecule has 0 saturated heterocycles. The van der Waals surface area contributed by atoms with E-state index in [2.05, 4.69) is 20.3 Å². The van der Waals surface area contributed by atoms with Crippen molar-refractivity contribution in [3.05, 3.63) is 71.3 Å². The number of anilines is 1. The summed E-state index contributed by atoms with van der Waals surface area (Å²) in [6, 6.07) is 15.7. The number of aromatic nitrogens is 3. The molecule has 4 aromatic rings. The van der Waals surface area contributed by atoms with Gasteiger partial charge in [-0.25, -0.2) is 9.97 Å². The number of rotatable bonds is 5. The molecule has 4 saturated carbocycles. The molecule has 1 amide bonds. The van der Waals surface area contributed by atoms with E-state index in [9.17, 15) is 14.8 Å². The van der Waals surface area contributed by atoms with Crippen LogP contribution in [0.3, 0.4) is 0 Å². The Hall–Kier alpha value is -4.07. The van der Waals surface area contributed by atoms with Crippen LogP contribution in [0.4, 0.5) is 11.5 Å². The van der Waals surface area contributed by atoms with Gasteiger partial charge in [0.15, 0.2) is 5.75 Å². The number of nitroso groups, excluding NO2 is 1. The Morgan fingerprint density at radius 3 is 2.46 bits per heavy atom. The summed E-state index contributed by atoms with van der Waals surface area (Å²) < 4.78 is 1.09. The summed E-state index contributed by atoms with van der Waals surface area (Å²) in [7, 11) is 0. The molecule has 4 aliphatic rings. The molecule has 4 bridgehead atoms. The number of hydrogen-bond donors (Lipinski definition) is 3. The first kappa shape index (κ1) is 22.2. The molecule has 4 fully saturated rings. The van der Waals surface area contributed by atoms with E-state index in [4.69, 9.17) is 0 Å². The molecule has 0 atom stereocenters. The number of carbonyl (C=O) groups excluding carboxylic acids is 1. The number of fused-ring (bicyclic) bond motifs is 1. The van der Waals surface area contributed by atoms with Gasteiger partial charge < -0.3 is 15.4 Å². The van der Waals surface area contributed by atoms with Gasteiger partial charge in [0.05, 0.1) is 11.0 Å². The second-order valence-electron chi connectivity index (χ2n) is 10.9. The fraction of sp³-hybridized carbons (Fsp3) is 0.345. The average molecular weight is 495 g/mol. The third-order valence-electron chi connectivity index (χ3n) is 8.58. The first-order chi connectivity index (χ1) is 18.0. The fourth-order valence-corrected chi connectivity index (χ4v) is 7.21. The normalized spacial score (nSPS) is 25.9. The smallest absolute Gasteiger partial charge is 0.297 e. The highest BCUT2D eigenvalue weighted by Gasteiger charge is 2.55. The number of nitrogens with zero attached hydrogens (tertiary/aromatic N) is 3. The zero-order valence-corrected chi connectivity index (χ0v) is 20.3. The Balaban J connectivity index is 1.13. The van der Waals surface area contributed by atoms with Crippen LogP contribution in [0.15, 0.2) is 60.8 Å². The van der Waals surface area contributed by atoms with Gasteiger partial charge in [0, 0.05) is 44.9 Å². The number of H-pyrrole nitrogens is 1. The Kier molecular flexibility index (Phi) is 5.09. The fourth-order valence-electron chi connectivity index (χ4n) is 7.21. The first-order valence-electron chi connectivity index (χ1n) is 13.0. The summed E-state index contributed by atoms with van der Waals surface area (Å²) in [5.41, 5.74) is 2.89. The van der Waals surface area contributed by atoms with Crippen LogP contribution in [-0.4, -0.2) is 36.8 Å². The summed E-state index contributed by atoms with van der Waals surface area (Å²) in [5, 5.41) is 13.6. The van der Waals surface area contributed by atoms with Crippen LogP contribution in [0.5, 0.6) is 5.75 Å². The number of aromatic hydroxyl groups is 1. The van der Waals surface area contributed by atoms with Crippen molar-refractivity contribution >= 4 is 28.4 Å². The number of phenolic OH excluding ortho intramolecular Hbond substituents is 1. The number of benzene rings is 2. The molecule has 4 aliphatic carbocycles. The van der Waals surface area contributed by atoms with E-state index < -0.39 is 0 Å². The van der Waals surface area contributed by atoms with Gasteiger partial charge in [-0.15, -0.1) is 0 Å². The molecule has 8 rings (SSSR count). The molecule has 37 heavy (non-hydrogen) atoms. The first-order valence-corrected chi connectivity index (χ1v) is 13.0. The van der Waals surface area contributed by atoms with Gasteiger partial charge in [-0.1, -0.05) is 6.07 Å². The maximum atomic E-state index is 13.5. The minimum Gasteiger partial charge on any atom is -0.502 e. The molecule has 0 radical (unpaired) electrons. The monoisotopic (exact) mass is 494 g/mol. The minimum atomic E-state index is -0.265. The van der Waals surface area contributed by atoms with Gasteiger partial charge in [-0.3, -0.25) is 4.79 Å². The lowest BCUT2D eigenvalue weighted by Crippen LogP contribution is -2.51. The lowest BCUT2D eigenvalue weighted by Gasteiger charge is -2.50. The Bertz CT molecular complexity index is 1500. The maximum Gasteiger partial charge on any atom is 0.297 e. The maximum absolute atomic E-state index is 13.5. The van der Waals surface area contributed by atoms with Crippen molar-refractivity contribution in [1.29, 1.82) is 0 Å². The van der Waals surface area contributed by atoms with Crippen molar-refractivity contribution < 1.29 is 14.7 Å². The van der Waals surface area contributed by atoms with Gasteiger partial charge in [0.25, 0.3) is 11.6 Å². The topological polar surface area (TPSA) is 111 Å². The quantitative estimate of drug-likeness (QED) is 0.303. The van der Waals surface area contributed by atoms with E-state index in [1.165, 1.54) is 6.42 Å². The van der Waals surface area contributed by atoms with Gasteiger partial charge in [0.1, 0.15) is 11.6 Å². The van der Waals surface area contributed by atoms with E-state index in [0.29, 0.717) is 51.3 Å². The molecule has 8 nitrogen and oxygen atoms in total. The van der Waals surface area contributed by atoms with Crippen molar-refractivity contribution in [2.75, 3.05) is 5.32 Å². The molecule has 8 heteroatoms. The van der Waals surface area contributed by atoms with Crippen LogP contribution < -0.4 is 5.32 Å². The predicted molar refractivity (Wildman–Crippen MR) is 140 cm³/mol. The average Bonchev–Trinajstić information content (AvgIpc) is 3.32. The lowest BCUT2D eigenvalue weighted by atomic mass is 9.54. The molecular weight excluding hydrogens is 466 g/mol. The highest BCUT2D eigenvalue weighted by Crippen LogP contribution is 2.55. The third-order valence-corrected chi connectivity index (χ3v) is 8.58. The number of pyridine rings is 1. The zero-order valence-electron chi connectivity index (χ0n) is 20.3. The number of amides is 1. The predicted octanol–water partition coefficient (Wildman–Crippen LogP) is 5.82. The van der Waals surface area contributed by atoms with E-state index in [-0.39, 0.29) is 17.7 Å². The summed E-state index contributed by atoms with van der Waals surface area (Å²) in [6.07, 6.45) is 7.56. The van der Waals surface area contributed by atoms with Crippen LogP contribution in [0.2, 0.25) is 0 Å². The molecule has 2 aromatic carbocycles. The Morgan fingerprint density at radius 2 is 1.76 bits per heavy atom.